The molecule has 3 saturated heterocycles. The Morgan fingerprint density at radius 3 is 2.44 bits per heavy atom. The van der Waals surface area contributed by atoms with Crippen LogP contribution in [0.3, 0.4) is 0 Å². The summed E-state index contributed by atoms with van der Waals surface area (Å²) < 4.78 is 16.8. The zero-order chi connectivity index (χ0) is 30.0. The van der Waals surface area contributed by atoms with Crippen molar-refractivity contribution >= 4 is 23.4 Å². The highest BCUT2D eigenvalue weighted by Gasteiger charge is 2.35. The molecule has 0 bridgehead atoms. The number of ether oxygens (including phenoxy) is 3. The van der Waals surface area contributed by atoms with E-state index in [1.165, 1.54) is 5.69 Å². The zero-order valence-electron chi connectivity index (χ0n) is 24.8. The van der Waals surface area contributed by atoms with Crippen LogP contribution in [0.4, 0.5) is 22.1 Å². The molecule has 6 rings (SSSR count). The lowest BCUT2D eigenvalue weighted by molar-refractivity contribution is -0.0660. The highest BCUT2D eigenvalue weighted by atomic mass is 16.6. The van der Waals surface area contributed by atoms with Crippen molar-refractivity contribution in [2.45, 2.75) is 38.5 Å². The third-order valence-electron chi connectivity index (χ3n) is 7.78. The Labute approximate surface area is 252 Å². The van der Waals surface area contributed by atoms with E-state index in [0.29, 0.717) is 42.1 Å². The summed E-state index contributed by atoms with van der Waals surface area (Å²) in [5, 5.41) is 13.1. The van der Waals surface area contributed by atoms with Gasteiger partial charge in [-0.1, -0.05) is 0 Å². The first-order valence-electron chi connectivity index (χ1n) is 14.7. The number of rotatable bonds is 7. The summed E-state index contributed by atoms with van der Waals surface area (Å²) in [7, 11) is 0. The average molecular weight is 584 g/mol. The molecule has 2 aromatic carbocycles. The van der Waals surface area contributed by atoms with Gasteiger partial charge in [0.05, 0.1) is 43.6 Å². The van der Waals surface area contributed by atoms with Gasteiger partial charge in [-0.2, -0.15) is 5.26 Å². The Morgan fingerprint density at radius 2 is 1.79 bits per heavy atom. The normalized spacial score (nSPS) is 17.9. The summed E-state index contributed by atoms with van der Waals surface area (Å²) in [5.74, 6) is 0.947. The van der Waals surface area contributed by atoms with Gasteiger partial charge in [-0.25, -0.2) is 14.8 Å². The van der Waals surface area contributed by atoms with Gasteiger partial charge in [-0.15, -0.1) is 0 Å². The predicted molar refractivity (Wildman–Crippen MR) is 163 cm³/mol. The third-order valence-corrected chi connectivity index (χ3v) is 7.78. The van der Waals surface area contributed by atoms with Crippen LogP contribution in [-0.2, 0) is 9.47 Å². The Hall–Kier alpha value is -4.40. The van der Waals surface area contributed by atoms with Crippen molar-refractivity contribution < 1.29 is 19.0 Å². The molecule has 4 heterocycles. The van der Waals surface area contributed by atoms with Gasteiger partial charge in [-0.3, -0.25) is 4.90 Å². The molecule has 1 N–H and O–H groups in total. The van der Waals surface area contributed by atoms with E-state index in [1.807, 2.05) is 45.0 Å². The zero-order valence-corrected chi connectivity index (χ0v) is 24.8. The van der Waals surface area contributed by atoms with Crippen molar-refractivity contribution in [1.82, 2.24) is 19.8 Å². The number of piperazine rings is 1. The van der Waals surface area contributed by atoms with E-state index >= 15 is 0 Å². The predicted octanol–water partition coefficient (Wildman–Crippen LogP) is 4.28. The molecule has 1 amide bonds. The molecule has 1 aromatic heterocycles. The molecule has 3 aliphatic heterocycles. The Bertz CT molecular complexity index is 1480. The van der Waals surface area contributed by atoms with Crippen LogP contribution in [-0.4, -0.2) is 96.1 Å². The summed E-state index contributed by atoms with van der Waals surface area (Å²) in [4.78, 5) is 27.8. The summed E-state index contributed by atoms with van der Waals surface area (Å²) in [6, 6.07) is 18.4. The summed E-state index contributed by atoms with van der Waals surface area (Å²) >= 11 is 0. The van der Waals surface area contributed by atoms with Crippen LogP contribution in [0.1, 0.15) is 26.3 Å². The van der Waals surface area contributed by atoms with Crippen LogP contribution in [0.5, 0.6) is 5.75 Å². The third kappa shape index (κ3) is 6.82. The van der Waals surface area contributed by atoms with E-state index < -0.39 is 5.60 Å². The fraction of sp³-hybridized carbons (Fsp3) is 0.438. The first-order chi connectivity index (χ1) is 20.7. The molecule has 3 fully saturated rings. The number of amides is 1. The summed E-state index contributed by atoms with van der Waals surface area (Å²) in [5.41, 5.74) is 3.42. The van der Waals surface area contributed by atoms with E-state index in [1.54, 1.807) is 23.2 Å². The van der Waals surface area contributed by atoms with Crippen LogP contribution < -0.4 is 15.0 Å². The monoisotopic (exact) mass is 583 g/mol. The number of carbonyl (C=O) groups excluding carboxylic acids is 1. The van der Waals surface area contributed by atoms with E-state index in [4.69, 9.17) is 14.2 Å². The molecule has 3 aliphatic rings. The first-order valence-corrected chi connectivity index (χ1v) is 14.7. The maximum atomic E-state index is 12.2. The lowest BCUT2D eigenvalue weighted by Crippen LogP contribution is -2.57. The van der Waals surface area contributed by atoms with E-state index in [0.717, 1.165) is 50.6 Å². The van der Waals surface area contributed by atoms with Crippen LogP contribution >= 0.6 is 0 Å². The Morgan fingerprint density at radius 1 is 1.05 bits per heavy atom. The molecule has 43 heavy (non-hydrogen) atoms. The highest BCUT2D eigenvalue weighted by Crippen LogP contribution is 2.29. The van der Waals surface area contributed by atoms with Crippen LogP contribution in [0.2, 0.25) is 0 Å². The number of nitrogens with one attached hydrogen (secondary N) is 1. The van der Waals surface area contributed by atoms with Crippen molar-refractivity contribution in [2.75, 3.05) is 62.7 Å². The average Bonchev–Trinajstić information content (AvgIpc) is 2.94. The lowest BCUT2D eigenvalue weighted by atomic mass is 10.1. The second-order valence-electron chi connectivity index (χ2n) is 12.1. The van der Waals surface area contributed by atoms with Gasteiger partial charge in [0.1, 0.15) is 23.5 Å². The molecule has 0 atom stereocenters. The molecule has 0 radical (unpaired) electrons. The summed E-state index contributed by atoms with van der Waals surface area (Å²) in [6.07, 6.45) is 1.14. The van der Waals surface area contributed by atoms with Gasteiger partial charge in [-0.05, 0) is 69.3 Å². The Kier molecular flexibility index (Phi) is 8.06. The number of likely N-dealkylation sites (tertiary alicyclic amines) is 1. The SMILES string of the molecule is CC(C)(C)OC(=O)N1CC(Oc2ccc(-c3ccnc(Nc4ccc(N5CCN(C6COC6)CC5)cc4)n3)cc2C#N)C1. The van der Waals surface area contributed by atoms with Crippen molar-refractivity contribution in [3.63, 3.8) is 0 Å². The summed E-state index contributed by atoms with van der Waals surface area (Å²) in [6.45, 7) is 12.2. The molecular weight excluding hydrogens is 546 g/mol. The number of nitrogens with zero attached hydrogens (tertiary/aromatic N) is 6. The van der Waals surface area contributed by atoms with Crippen LogP contribution in [0.15, 0.2) is 54.7 Å². The van der Waals surface area contributed by atoms with Crippen molar-refractivity contribution in [2.24, 2.45) is 0 Å². The first kappa shape index (κ1) is 28.7. The van der Waals surface area contributed by atoms with Gasteiger partial charge < -0.3 is 29.3 Å². The highest BCUT2D eigenvalue weighted by molar-refractivity contribution is 5.69. The van der Waals surface area contributed by atoms with E-state index in [-0.39, 0.29) is 12.2 Å². The van der Waals surface area contributed by atoms with Gasteiger partial charge >= 0.3 is 6.09 Å². The second kappa shape index (κ2) is 12.1. The molecule has 11 heteroatoms. The number of aromatic nitrogens is 2. The minimum Gasteiger partial charge on any atom is -0.485 e. The van der Waals surface area contributed by atoms with Crippen molar-refractivity contribution in [1.29, 1.82) is 5.26 Å². The maximum Gasteiger partial charge on any atom is 0.410 e. The van der Waals surface area contributed by atoms with Gasteiger partial charge in [0.25, 0.3) is 0 Å². The number of anilines is 3. The molecule has 3 aromatic rings. The smallest absolute Gasteiger partial charge is 0.410 e. The standard InChI is InChI=1S/C32H37N7O4/c1-32(2,3)43-31(40)39-18-27(19-39)42-29-9-4-22(16-23(29)17-33)28-10-11-34-30(36-28)35-24-5-7-25(8-6-24)37-12-14-38(15-13-37)26-20-41-21-26/h4-11,16,26-27H,12-15,18-21H2,1-3H3,(H,34,35,36). The van der Waals surface area contributed by atoms with Gasteiger partial charge in [0, 0.05) is 49.3 Å². The lowest BCUT2D eigenvalue weighted by Gasteiger charge is -2.43. The number of hydrogen-bond acceptors (Lipinski definition) is 10. The number of benzene rings is 2. The minimum absolute atomic E-state index is 0.196. The minimum atomic E-state index is -0.546. The fourth-order valence-corrected chi connectivity index (χ4v) is 5.29. The van der Waals surface area contributed by atoms with E-state index in [2.05, 4.69) is 43.3 Å². The number of nitriles is 1. The number of hydrogen-bond donors (Lipinski definition) is 1. The molecule has 0 saturated carbocycles. The molecule has 0 unspecified atom stereocenters. The topological polar surface area (TPSA) is 116 Å². The van der Waals surface area contributed by atoms with Crippen LogP contribution in [0, 0.1) is 11.3 Å². The maximum absolute atomic E-state index is 12.2. The van der Waals surface area contributed by atoms with Gasteiger partial charge in [0.2, 0.25) is 5.95 Å². The fourth-order valence-electron chi connectivity index (χ4n) is 5.29. The van der Waals surface area contributed by atoms with Gasteiger partial charge in [0.15, 0.2) is 0 Å². The van der Waals surface area contributed by atoms with Crippen LogP contribution in [0.25, 0.3) is 11.3 Å². The quantitative estimate of drug-likeness (QED) is 0.432. The number of carbonyl (C=O) groups is 1. The molecule has 0 aliphatic carbocycles. The Balaban J connectivity index is 1.05. The second-order valence-corrected chi connectivity index (χ2v) is 12.1. The molecule has 0 spiro atoms. The van der Waals surface area contributed by atoms with E-state index in [9.17, 15) is 10.1 Å². The molecular formula is C32H37N7O4. The van der Waals surface area contributed by atoms with Crippen molar-refractivity contribution in [3.8, 4) is 23.1 Å². The van der Waals surface area contributed by atoms with Crippen molar-refractivity contribution in [3.05, 3.63) is 60.3 Å². The molecule has 224 valence electrons. The largest absolute Gasteiger partial charge is 0.485 e. The molecule has 11 nitrogen and oxygen atoms in total.